The number of nitrogens with zero attached hydrogens (tertiary/aromatic N) is 1. The molecule has 0 aliphatic heterocycles. The summed E-state index contributed by atoms with van der Waals surface area (Å²) < 4.78 is 17.8. The van der Waals surface area contributed by atoms with Crippen LogP contribution in [0.3, 0.4) is 0 Å². The summed E-state index contributed by atoms with van der Waals surface area (Å²) >= 11 is 0. The van der Waals surface area contributed by atoms with E-state index in [4.69, 9.17) is 19.0 Å². The lowest BCUT2D eigenvalue weighted by molar-refractivity contribution is 0.213. The predicted octanol–water partition coefficient (Wildman–Crippen LogP) is 6.48. The van der Waals surface area contributed by atoms with Crippen LogP contribution in [-0.4, -0.2) is 32.6 Å². The molecule has 2 aromatic rings. The molecule has 0 heterocycles. The lowest BCUT2D eigenvalue weighted by atomic mass is 9.99. The van der Waals surface area contributed by atoms with E-state index in [1.165, 1.54) is 0 Å². The molecule has 2 aromatic carbocycles. The number of hydrogen-bond donors (Lipinski definition) is 0. The molecule has 0 saturated carbocycles. The number of hydrogen-bond acceptors (Lipinski definition) is 5. The third-order valence-corrected chi connectivity index (χ3v) is 5.41. The van der Waals surface area contributed by atoms with Gasteiger partial charge in [0.05, 0.1) is 18.9 Å². The molecule has 0 spiro atoms. The second kappa shape index (κ2) is 12.8. The normalized spacial score (nSPS) is 11.7. The monoisotopic (exact) mass is 439 g/mol. The maximum absolute atomic E-state index is 6.06. The van der Waals surface area contributed by atoms with Gasteiger partial charge in [-0.2, -0.15) is 0 Å². The summed E-state index contributed by atoms with van der Waals surface area (Å²) in [7, 11) is 1.56. The Hall–Kier alpha value is -2.95. The number of ether oxygens (including phenoxy) is 3. The first-order valence-electron chi connectivity index (χ1n) is 11.2. The molecule has 0 saturated heterocycles. The van der Waals surface area contributed by atoms with Crippen LogP contribution >= 0.6 is 0 Å². The zero-order valence-corrected chi connectivity index (χ0v) is 20.6. The molecule has 5 nitrogen and oxygen atoms in total. The molecule has 174 valence electrons. The van der Waals surface area contributed by atoms with E-state index in [1.807, 2.05) is 50.3 Å². The van der Waals surface area contributed by atoms with Crippen LogP contribution in [0.25, 0.3) is 0 Å². The Bertz CT molecular complexity index is 924. The Kier molecular flexibility index (Phi) is 10.1. The molecule has 0 fully saturated rings. The van der Waals surface area contributed by atoms with E-state index in [2.05, 4.69) is 32.9 Å². The highest BCUT2D eigenvalue weighted by Gasteiger charge is 2.10. The number of unbranched alkanes of at least 4 members (excludes halogenated alkanes) is 1. The second-order valence-corrected chi connectivity index (χ2v) is 7.89. The highest BCUT2D eigenvalue weighted by molar-refractivity contribution is 6.00. The van der Waals surface area contributed by atoms with Gasteiger partial charge >= 0.3 is 0 Å². The zero-order valence-electron chi connectivity index (χ0n) is 20.6. The van der Waals surface area contributed by atoms with Crippen molar-refractivity contribution in [3.8, 4) is 17.2 Å². The van der Waals surface area contributed by atoms with Gasteiger partial charge in [-0.15, -0.1) is 0 Å². The number of rotatable bonds is 12. The fourth-order valence-electron chi connectivity index (χ4n) is 3.55. The first kappa shape index (κ1) is 25.3. The highest BCUT2D eigenvalue weighted by atomic mass is 16.6. The van der Waals surface area contributed by atoms with Crippen molar-refractivity contribution in [2.45, 2.75) is 54.4 Å². The second-order valence-electron chi connectivity index (χ2n) is 7.89. The Morgan fingerprint density at radius 1 is 0.906 bits per heavy atom. The molecule has 0 unspecified atom stereocenters. The average Bonchev–Trinajstić information content (AvgIpc) is 2.75. The van der Waals surface area contributed by atoms with Gasteiger partial charge in [-0.25, -0.2) is 0 Å². The number of oxime groups is 1. The van der Waals surface area contributed by atoms with Crippen molar-refractivity contribution in [2.24, 2.45) is 5.16 Å². The third kappa shape index (κ3) is 7.04. The van der Waals surface area contributed by atoms with Gasteiger partial charge in [0.15, 0.2) is 0 Å². The summed E-state index contributed by atoms with van der Waals surface area (Å²) in [5.41, 5.74) is 6.42. The van der Waals surface area contributed by atoms with E-state index in [0.717, 1.165) is 63.6 Å². The lowest BCUT2D eigenvalue weighted by Crippen LogP contribution is -2.06. The van der Waals surface area contributed by atoms with E-state index >= 15 is 0 Å². The van der Waals surface area contributed by atoms with Crippen LogP contribution in [-0.2, 0) is 4.84 Å². The molecule has 32 heavy (non-hydrogen) atoms. The van der Waals surface area contributed by atoms with Crippen LogP contribution in [0.15, 0.2) is 41.6 Å². The minimum absolute atomic E-state index is 0.581. The topological polar surface area (TPSA) is 49.3 Å². The van der Waals surface area contributed by atoms with Gasteiger partial charge in [0.2, 0.25) is 0 Å². The van der Waals surface area contributed by atoms with Crippen LogP contribution in [0.4, 0.5) is 0 Å². The van der Waals surface area contributed by atoms with Crippen LogP contribution < -0.4 is 14.2 Å². The molecule has 0 amide bonds. The number of aryl methyl sites for hydroxylation is 2. The molecule has 2 rings (SSSR count). The standard InChI is InChI=1S/C27H37NO4/c1-8-9-14-30-24-17-19(2)27(20(3)18-24)32-16-11-10-15-31-26-13-12-25(21(4)22(26)5)23(6)28-29-7/h8-9,12-13,17-18H,10-11,14-16H2,1-7H3/b9-8+,28-23+. The van der Waals surface area contributed by atoms with E-state index in [1.54, 1.807) is 7.11 Å². The van der Waals surface area contributed by atoms with Gasteiger partial charge in [0.25, 0.3) is 0 Å². The summed E-state index contributed by atoms with van der Waals surface area (Å²) in [6.07, 6.45) is 5.82. The summed E-state index contributed by atoms with van der Waals surface area (Å²) in [5.74, 6) is 2.73. The summed E-state index contributed by atoms with van der Waals surface area (Å²) in [5, 5.41) is 4.03. The lowest BCUT2D eigenvalue weighted by Gasteiger charge is -2.15. The number of benzene rings is 2. The van der Waals surface area contributed by atoms with Crippen molar-refractivity contribution in [1.29, 1.82) is 0 Å². The maximum Gasteiger partial charge on any atom is 0.125 e. The first-order valence-corrected chi connectivity index (χ1v) is 11.2. The van der Waals surface area contributed by atoms with E-state index in [-0.39, 0.29) is 0 Å². The first-order chi connectivity index (χ1) is 15.4. The molecule has 5 heteroatoms. The van der Waals surface area contributed by atoms with Crippen LogP contribution in [0.5, 0.6) is 17.2 Å². The Balaban J connectivity index is 1.81. The highest BCUT2D eigenvalue weighted by Crippen LogP contribution is 2.29. The number of allylic oxidation sites excluding steroid dienone is 1. The van der Waals surface area contributed by atoms with Crippen molar-refractivity contribution in [3.05, 3.63) is 64.2 Å². The van der Waals surface area contributed by atoms with E-state index in [9.17, 15) is 0 Å². The molecule has 0 aliphatic rings. The smallest absolute Gasteiger partial charge is 0.125 e. The van der Waals surface area contributed by atoms with E-state index in [0.29, 0.717) is 19.8 Å². The fraction of sp³-hybridized carbons (Fsp3) is 0.444. The van der Waals surface area contributed by atoms with Gasteiger partial charge < -0.3 is 19.0 Å². The molecule has 0 atom stereocenters. The maximum atomic E-state index is 6.06. The van der Waals surface area contributed by atoms with Crippen molar-refractivity contribution in [3.63, 3.8) is 0 Å². The van der Waals surface area contributed by atoms with Crippen molar-refractivity contribution in [1.82, 2.24) is 0 Å². The molecular weight excluding hydrogens is 402 g/mol. The van der Waals surface area contributed by atoms with Gasteiger partial charge in [0.1, 0.15) is 31.0 Å². The molecule has 0 N–H and O–H groups in total. The van der Waals surface area contributed by atoms with Gasteiger partial charge in [-0.3, -0.25) is 0 Å². The third-order valence-electron chi connectivity index (χ3n) is 5.41. The Labute approximate surface area is 193 Å². The predicted molar refractivity (Wildman–Crippen MR) is 132 cm³/mol. The molecule has 0 radical (unpaired) electrons. The largest absolute Gasteiger partial charge is 0.493 e. The zero-order chi connectivity index (χ0) is 23.5. The quantitative estimate of drug-likeness (QED) is 0.164. The van der Waals surface area contributed by atoms with Gasteiger partial charge in [-0.1, -0.05) is 17.3 Å². The van der Waals surface area contributed by atoms with Gasteiger partial charge in [-0.05, 0) is 101 Å². The molecule has 0 aliphatic carbocycles. The molecule has 0 bridgehead atoms. The average molecular weight is 440 g/mol. The van der Waals surface area contributed by atoms with Crippen molar-refractivity contribution in [2.75, 3.05) is 26.9 Å². The van der Waals surface area contributed by atoms with Crippen molar-refractivity contribution >= 4 is 5.71 Å². The van der Waals surface area contributed by atoms with Crippen LogP contribution in [0, 0.1) is 27.7 Å². The van der Waals surface area contributed by atoms with Crippen LogP contribution in [0.1, 0.15) is 54.5 Å². The molecule has 0 aromatic heterocycles. The van der Waals surface area contributed by atoms with Gasteiger partial charge in [0, 0.05) is 5.56 Å². The molecular formula is C27H37NO4. The Morgan fingerprint density at radius 2 is 1.56 bits per heavy atom. The fourth-order valence-corrected chi connectivity index (χ4v) is 3.55. The van der Waals surface area contributed by atoms with E-state index < -0.39 is 0 Å². The minimum atomic E-state index is 0.581. The van der Waals surface area contributed by atoms with Crippen LogP contribution in [0.2, 0.25) is 0 Å². The minimum Gasteiger partial charge on any atom is -0.493 e. The van der Waals surface area contributed by atoms with Crippen molar-refractivity contribution < 1.29 is 19.0 Å². The summed E-state index contributed by atoms with van der Waals surface area (Å²) in [4.78, 5) is 4.89. The summed E-state index contributed by atoms with van der Waals surface area (Å²) in [6, 6.07) is 8.11. The SMILES string of the molecule is C/C=C/COc1cc(C)c(OCCCCOc2ccc(/C(C)=N/OC)c(C)c2C)c(C)c1. The summed E-state index contributed by atoms with van der Waals surface area (Å²) in [6.45, 7) is 14.1. The Morgan fingerprint density at radius 3 is 2.19 bits per heavy atom.